The van der Waals surface area contributed by atoms with Crippen LogP contribution < -0.4 is 5.43 Å². The highest BCUT2D eigenvalue weighted by Crippen LogP contribution is 2.29. The van der Waals surface area contributed by atoms with Crippen molar-refractivity contribution in [2.75, 3.05) is 0 Å². The monoisotopic (exact) mass is 228 g/mol. The molecule has 1 N–H and O–H groups in total. The molecule has 0 unspecified atom stereocenters. The van der Waals surface area contributed by atoms with Crippen molar-refractivity contribution in [2.45, 2.75) is 0 Å². The molecule has 17 heavy (non-hydrogen) atoms. The van der Waals surface area contributed by atoms with Gasteiger partial charge in [-0.15, -0.1) is 0 Å². The molecule has 0 spiro atoms. The number of rotatable bonds is 1. The second-order valence-electron chi connectivity index (χ2n) is 3.58. The van der Waals surface area contributed by atoms with Crippen molar-refractivity contribution in [3.63, 3.8) is 0 Å². The van der Waals surface area contributed by atoms with Gasteiger partial charge in [0.25, 0.3) is 0 Å². The fourth-order valence-corrected chi connectivity index (χ4v) is 1.71. The molecule has 2 heterocycles. The third-order valence-corrected chi connectivity index (χ3v) is 2.52. The zero-order valence-corrected chi connectivity index (χ0v) is 8.71. The molecule has 2 aromatic heterocycles. The van der Waals surface area contributed by atoms with Crippen molar-refractivity contribution in [3.05, 3.63) is 52.9 Å². The molecule has 0 fully saturated rings. The van der Waals surface area contributed by atoms with Crippen molar-refractivity contribution in [3.8, 4) is 17.3 Å². The van der Waals surface area contributed by atoms with Gasteiger partial charge < -0.3 is 13.9 Å². The van der Waals surface area contributed by atoms with E-state index < -0.39 is 11.2 Å². The Morgan fingerprint density at radius 3 is 2.65 bits per heavy atom. The molecular weight excluding hydrogens is 220 g/mol. The van der Waals surface area contributed by atoms with Crippen LogP contribution in [0.15, 0.2) is 56.3 Å². The van der Waals surface area contributed by atoms with E-state index in [1.807, 2.05) is 0 Å². The first-order valence-corrected chi connectivity index (χ1v) is 5.06. The van der Waals surface area contributed by atoms with Crippen molar-refractivity contribution in [2.24, 2.45) is 0 Å². The fraction of sp³-hybridized carbons (Fsp3) is 0. The summed E-state index contributed by atoms with van der Waals surface area (Å²) in [6.07, 6.45) is 1.45. The molecule has 0 amide bonds. The van der Waals surface area contributed by atoms with Gasteiger partial charge in [-0.3, -0.25) is 4.79 Å². The third kappa shape index (κ3) is 1.42. The van der Waals surface area contributed by atoms with Crippen LogP contribution in [0.3, 0.4) is 0 Å². The van der Waals surface area contributed by atoms with E-state index >= 15 is 0 Å². The Morgan fingerprint density at radius 2 is 1.88 bits per heavy atom. The number of hydrogen-bond acceptors (Lipinski definition) is 4. The van der Waals surface area contributed by atoms with E-state index in [4.69, 9.17) is 8.83 Å². The molecule has 0 atom stereocenters. The van der Waals surface area contributed by atoms with E-state index in [-0.39, 0.29) is 5.76 Å². The van der Waals surface area contributed by atoms with Crippen LogP contribution in [-0.2, 0) is 0 Å². The first kappa shape index (κ1) is 9.72. The van der Waals surface area contributed by atoms with E-state index in [1.165, 1.54) is 6.26 Å². The Hall–Kier alpha value is -2.49. The number of fused-ring (bicyclic) bond motifs is 1. The van der Waals surface area contributed by atoms with Crippen LogP contribution in [0.25, 0.3) is 22.5 Å². The molecule has 0 aliphatic heterocycles. The molecule has 1 aromatic carbocycles. The predicted molar refractivity (Wildman–Crippen MR) is 61.9 cm³/mol. The molecule has 3 rings (SSSR count). The normalized spacial score (nSPS) is 10.8. The maximum absolute atomic E-state index is 11.9. The van der Waals surface area contributed by atoms with Crippen LogP contribution in [0.4, 0.5) is 0 Å². The Balaban J connectivity index is 2.42. The lowest BCUT2D eigenvalue weighted by molar-refractivity contribution is 0.439. The Labute approximate surface area is 95.7 Å². The van der Waals surface area contributed by atoms with E-state index in [1.54, 1.807) is 36.4 Å². The summed E-state index contributed by atoms with van der Waals surface area (Å²) in [5.41, 5.74) is -0.0417. The lowest BCUT2D eigenvalue weighted by Gasteiger charge is -2.02. The summed E-state index contributed by atoms with van der Waals surface area (Å²) in [7, 11) is 0. The summed E-state index contributed by atoms with van der Waals surface area (Å²) in [5.74, 6) is -0.0531. The lowest BCUT2D eigenvalue weighted by Crippen LogP contribution is -2.01. The standard InChI is InChI=1S/C13H8O4/c14-11-8-4-1-2-5-9(8)17-13(12(11)15)10-6-3-7-16-10/h1-7,15H. The summed E-state index contributed by atoms with van der Waals surface area (Å²) < 4.78 is 10.6. The van der Waals surface area contributed by atoms with Crippen molar-refractivity contribution < 1.29 is 13.9 Å². The van der Waals surface area contributed by atoms with Gasteiger partial charge in [0.1, 0.15) is 5.58 Å². The fourth-order valence-electron chi connectivity index (χ4n) is 1.71. The van der Waals surface area contributed by atoms with Gasteiger partial charge in [-0.05, 0) is 24.3 Å². The van der Waals surface area contributed by atoms with Crippen molar-refractivity contribution in [1.29, 1.82) is 0 Å². The zero-order valence-electron chi connectivity index (χ0n) is 8.71. The largest absolute Gasteiger partial charge is 0.501 e. The van der Waals surface area contributed by atoms with Crippen LogP contribution in [0, 0.1) is 0 Å². The van der Waals surface area contributed by atoms with Gasteiger partial charge in [-0.2, -0.15) is 0 Å². The summed E-state index contributed by atoms with van der Waals surface area (Å²) >= 11 is 0. The number of benzene rings is 1. The molecule has 0 saturated heterocycles. The quantitative estimate of drug-likeness (QED) is 0.695. The first-order valence-electron chi connectivity index (χ1n) is 5.06. The van der Waals surface area contributed by atoms with Gasteiger partial charge in [-0.25, -0.2) is 0 Å². The van der Waals surface area contributed by atoms with Gasteiger partial charge in [0, 0.05) is 0 Å². The molecule has 3 aromatic rings. The second-order valence-corrected chi connectivity index (χ2v) is 3.58. The minimum absolute atomic E-state index is 0.0544. The highest BCUT2D eigenvalue weighted by Gasteiger charge is 2.16. The Bertz CT molecular complexity index is 723. The maximum Gasteiger partial charge on any atom is 0.235 e. The van der Waals surface area contributed by atoms with Gasteiger partial charge in [-0.1, -0.05) is 12.1 Å². The van der Waals surface area contributed by atoms with Crippen molar-refractivity contribution in [1.82, 2.24) is 0 Å². The molecular formula is C13H8O4. The van der Waals surface area contributed by atoms with Gasteiger partial charge in [0.15, 0.2) is 5.76 Å². The lowest BCUT2D eigenvalue weighted by atomic mass is 10.2. The minimum atomic E-state index is -0.460. The highest BCUT2D eigenvalue weighted by atomic mass is 16.4. The van der Waals surface area contributed by atoms with E-state index in [9.17, 15) is 9.90 Å². The number of aromatic hydroxyl groups is 1. The molecule has 84 valence electrons. The molecule has 0 saturated carbocycles. The molecule has 0 aliphatic carbocycles. The van der Waals surface area contributed by atoms with Crippen LogP contribution in [0.5, 0.6) is 5.75 Å². The summed E-state index contributed by atoms with van der Waals surface area (Å²) in [4.78, 5) is 11.9. The van der Waals surface area contributed by atoms with Gasteiger partial charge >= 0.3 is 0 Å². The van der Waals surface area contributed by atoms with E-state index in [0.717, 1.165) is 0 Å². The van der Waals surface area contributed by atoms with Crippen LogP contribution in [0.1, 0.15) is 0 Å². The van der Waals surface area contributed by atoms with Crippen LogP contribution >= 0.6 is 0 Å². The highest BCUT2D eigenvalue weighted by molar-refractivity contribution is 5.80. The molecule has 0 aliphatic rings. The zero-order chi connectivity index (χ0) is 11.8. The van der Waals surface area contributed by atoms with Gasteiger partial charge in [0.2, 0.25) is 16.9 Å². The Morgan fingerprint density at radius 1 is 1.06 bits per heavy atom. The number of furan rings is 1. The number of hydrogen-bond donors (Lipinski definition) is 1. The molecule has 0 bridgehead atoms. The molecule has 0 radical (unpaired) electrons. The van der Waals surface area contributed by atoms with Gasteiger partial charge in [0.05, 0.1) is 11.6 Å². The molecule has 4 nitrogen and oxygen atoms in total. The Kier molecular flexibility index (Phi) is 2.01. The summed E-state index contributed by atoms with van der Waals surface area (Å²) in [5, 5.41) is 10.1. The smallest absolute Gasteiger partial charge is 0.235 e. The van der Waals surface area contributed by atoms with Crippen LogP contribution in [0.2, 0.25) is 0 Å². The minimum Gasteiger partial charge on any atom is -0.501 e. The SMILES string of the molecule is O=c1c(O)c(-c2ccco2)oc2ccccc12. The predicted octanol–water partition coefficient (Wildman–Crippen LogP) is 2.76. The van der Waals surface area contributed by atoms with E-state index in [0.29, 0.717) is 16.7 Å². The summed E-state index contributed by atoms with van der Waals surface area (Å²) in [6, 6.07) is 10.0. The molecule has 4 heteroatoms. The first-order chi connectivity index (χ1) is 8.27. The van der Waals surface area contributed by atoms with Crippen molar-refractivity contribution >= 4 is 11.0 Å². The van der Waals surface area contributed by atoms with E-state index in [2.05, 4.69) is 0 Å². The topological polar surface area (TPSA) is 63.6 Å². The van der Waals surface area contributed by atoms with Crippen LogP contribution in [-0.4, -0.2) is 5.11 Å². The maximum atomic E-state index is 11.9. The average Bonchev–Trinajstić information content (AvgIpc) is 2.87. The second kappa shape index (κ2) is 3.52. The number of para-hydroxylation sites is 1. The third-order valence-electron chi connectivity index (χ3n) is 2.52. The average molecular weight is 228 g/mol. The summed E-state index contributed by atoms with van der Waals surface area (Å²) in [6.45, 7) is 0.